The molecule has 0 aliphatic heterocycles. The minimum absolute atomic E-state index is 1.06. The summed E-state index contributed by atoms with van der Waals surface area (Å²) in [5.41, 5.74) is 3.50. The van der Waals surface area contributed by atoms with Gasteiger partial charge in [-0.2, -0.15) is 0 Å². The molecule has 2 aromatic heterocycles. The molecule has 0 bridgehead atoms. The van der Waals surface area contributed by atoms with Crippen LogP contribution in [0, 0.1) is 0 Å². The van der Waals surface area contributed by atoms with Crippen LogP contribution in [-0.4, -0.2) is 15.6 Å². The zero-order valence-corrected chi connectivity index (χ0v) is 12.5. The van der Waals surface area contributed by atoms with Crippen LogP contribution >= 0.6 is 23.1 Å². The van der Waals surface area contributed by atoms with Crippen LogP contribution in [0.3, 0.4) is 0 Å². The number of nitrogens with zero attached hydrogens (tertiary/aromatic N) is 2. The van der Waals surface area contributed by atoms with Crippen molar-refractivity contribution in [2.24, 2.45) is 0 Å². The molecule has 98 valence electrons. The monoisotopic (exact) mass is 296 g/mol. The normalized spacial score (nSPS) is 11.4. The van der Waals surface area contributed by atoms with Gasteiger partial charge in [-0.1, -0.05) is 53.8 Å². The van der Waals surface area contributed by atoms with Gasteiger partial charge in [-0.3, -0.25) is 4.40 Å². The summed E-state index contributed by atoms with van der Waals surface area (Å²) in [4.78, 5) is 5.92. The maximum absolute atomic E-state index is 4.85. The lowest BCUT2D eigenvalue weighted by atomic mass is 10.2. The predicted molar refractivity (Wildman–Crippen MR) is 87.8 cm³/mol. The largest absolute Gasteiger partial charge is 0.277 e. The number of hydrogen-bond acceptors (Lipinski definition) is 3. The van der Waals surface area contributed by atoms with Gasteiger partial charge >= 0.3 is 0 Å². The smallest absolute Gasteiger partial charge is 0.196 e. The van der Waals surface area contributed by atoms with Crippen molar-refractivity contribution in [3.63, 3.8) is 0 Å². The minimum Gasteiger partial charge on any atom is -0.277 e. The molecule has 4 rings (SSSR count). The number of fused-ring (bicyclic) bond motifs is 3. The maximum atomic E-state index is 4.85. The van der Waals surface area contributed by atoms with Crippen molar-refractivity contribution in [3.05, 3.63) is 54.6 Å². The lowest BCUT2D eigenvalue weighted by Crippen LogP contribution is -1.85. The van der Waals surface area contributed by atoms with Gasteiger partial charge in [0.15, 0.2) is 4.96 Å². The van der Waals surface area contributed by atoms with Crippen LogP contribution in [0.1, 0.15) is 0 Å². The van der Waals surface area contributed by atoms with E-state index < -0.39 is 0 Å². The zero-order chi connectivity index (χ0) is 13.5. The van der Waals surface area contributed by atoms with E-state index in [0.717, 1.165) is 10.7 Å². The second-order valence-electron chi connectivity index (χ2n) is 4.52. The summed E-state index contributed by atoms with van der Waals surface area (Å²) in [5.74, 6) is 0. The van der Waals surface area contributed by atoms with Gasteiger partial charge in [-0.05, 0) is 18.4 Å². The van der Waals surface area contributed by atoms with Gasteiger partial charge in [0.25, 0.3) is 0 Å². The van der Waals surface area contributed by atoms with Crippen LogP contribution in [0.5, 0.6) is 0 Å². The molecule has 0 saturated heterocycles. The Labute approximate surface area is 125 Å². The lowest BCUT2D eigenvalue weighted by molar-refractivity contribution is 1.12. The fourth-order valence-electron chi connectivity index (χ4n) is 2.47. The molecule has 0 fully saturated rings. The molecule has 0 spiro atoms. The molecular formula is C16H12N2S2. The average Bonchev–Trinajstić information content (AvgIpc) is 3.03. The van der Waals surface area contributed by atoms with E-state index in [1.54, 1.807) is 23.1 Å². The van der Waals surface area contributed by atoms with Crippen LogP contribution < -0.4 is 0 Å². The number of benzene rings is 2. The van der Waals surface area contributed by atoms with Crippen LogP contribution in [0.2, 0.25) is 0 Å². The Morgan fingerprint density at radius 1 is 1.00 bits per heavy atom. The molecule has 0 saturated carbocycles. The zero-order valence-electron chi connectivity index (χ0n) is 10.9. The topological polar surface area (TPSA) is 17.3 Å². The molecule has 0 radical (unpaired) electrons. The van der Waals surface area contributed by atoms with Gasteiger partial charge in [0, 0.05) is 5.56 Å². The summed E-state index contributed by atoms with van der Waals surface area (Å²) in [6.45, 7) is 0. The van der Waals surface area contributed by atoms with Crippen molar-refractivity contribution in [3.8, 4) is 11.3 Å². The fraction of sp³-hybridized carbons (Fsp3) is 0.0625. The van der Waals surface area contributed by atoms with E-state index in [4.69, 9.17) is 4.98 Å². The first kappa shape index (κ1) is 12.0. The van der Waals surface area contributed by atoms with Crippen molar-refractivity contribution in [2.75, 3.05) is 6.26 Å². The second-order valence-corrected chi connectivity index (χ2v) is 6.33. The molecule has 2 nitrogen and oxygen atoms in total. The van der Waals surface area contributed by atoms with Crippen LogP contribution in [0.4, 0.5) is 0 Å². The van der Waals surface area contributed by atoms with Gasteiger partial charge in [-0.15, -0.1) is 11.8 Å². The molecule has 0 N–H and O–H groups in total. The number of aromatic nitrogens is 2. The molecule has 4 aromatic rings. The van der Waals surface area contributed by atoms with Crippen molar-refractivity contribution < 1.29 is 0 Å². The number of imidazole rings is 1. The van der Waals surface area contributed by atoms with E-state index in [1.165, 1.54) is 20.8 Å². The molecule has 0 amide bonds. The Morgan fingerprint density at radius 3 is 2.55 bits per heavy atom. The summed E-state index contributed by atoms with van der Waals surface area (Å²) < 4.78 is 3.55. The third-order valence-electron chi connectivity index (χ3n) is 3.35. The first-order valence-corrected chi connectivity index (χ1v) is 8.42. The summed E-state index contributed by atoms with van der Waals surface area (Å²) in [5, 5.41) is 1.21. The standard InChI is InChI=1S/C16H12N2S2/c1-19-15-14(11-7-3-2-4-8-11)17-16-18(15)12-9-5-6-10-13(12)20-16/h2-10H,1H3. The van der Waals surface area contributed by atoms with E-state index in [0.29, 0.717) is 0 Å². The molecule has 0 unspecified atom stereocenters. The van der Waals surface area contributed by atoms with Crippen molar-refractivity contribution >= 4 is 38.3 Å². The predicted octanol–water partition coefficient (Wildman–Crippen LogP) is 4.94. The highest BCUT2D eigenvalue weighted by atomic mass is 32.2. The number of thiazole rings is 1. The molecule has 0 atom stereocenters. The van der Waals surface area contributed by atoms with Crippen molar-refractivity contribution in [1.29, 1.82) is 0 Å². The van der Waals surface area contributed by atoms with Crippen LogP contribution in [0.25, 0.3) is 26.4 Å². The molecule has 2 heterocycles. The van der Waals surface area contributed by atoms with E-state index in [9.17, 15) is 0 Å². The SMILES string of the molecule is CSc1c(-c2ccccc2)nc2sc3ccccc3n12. The van der Waals surface area contributed by atoms with E-state index in [2.05, 4.69) is 59.2 Å². The number of para-hydroxylation sites is 1. The molecule has 0 aliphatic rings. The summed E-state index contributed by atoms with van der Waals surface area (Å²) in [7, 11) is 0. The fourth-order valence-corrected chi connectivity index (χ4v) is 4.27. The molecule has 20 heavy (non-hydrogen) atoms. The number of rotatable bonds is 2. The Balaban J connectivity index is 2.09. The number of hydrogen-bond donors (Lipinski definition) is 0. The highest BCUT2D eigenvalue weighted by Crippen LogP contribution is 2.36. The summed E-state index contributed by atoms with van der Waals surface area (Å²) in [6, 6.07) is 18.9. The first-order chi connectivity index (χ1) is 9.88. The van der Waals surface area contributed by atoms with Crippen LogP contribution in [-0.2, 0) is 0 Å². The molecule has 4 heteroatoms. The van der Waals surface area contributed by atoms with E-state index >= 15 is 0 Å². The van der Waals surface area contributed by atoms with E-state index in [-0.39, 0.29) is 0 Å². The van der Waals surface area contributed by atoms with Gasteiger partial charge in [-0.25, -0.2) is 4.98 Å². The highest BCUT2D eigenvalue weighted by Gasteiger charge is 2.16. The Hall–Kier alpha value is -1.78. The highest BCUT2D eigenvalue weighted by molar-refractivity contribution is 7.98. The quantitative estimate of drug-likeness (QED) is 0.488. The summed E-state index contributed by atoms with van der Waals surface area (Å²) in [6.07, 6.45) is 2.11. The van der Waals surface area contributed by atoms with Gasteiger partial charge in [0.2, 0.25) is 0 Å². The van der Waals surface area contributed by atoms with Gasteiger partial charge < -0.3 is 0 Å². The average molecular weight is 296 g/mol. The van der Waals surface area contributed by atoms with Crippen molar-refractivity contribution in [2.45, 2.75) is 5.03 Å². The van der Waals surface area contributed by atoms with Gasteiger partial charge in [0.05, 0.1) is 10.2 Å². The van der Waals surface area contributed by atoms with Crippen LogP contribution in [0.15, 0.2) is 59.6 Å². The lowest BCUT2D eigenvalue weighted by Gasteiger charge is -2.01. The van der Waals surface area contributed by atoms with Gasteiger partial charge in [0.1, 0.15) is 10.7 Å². The molecular weight excluding hydrogens is 284 g/mol. The van der Waals surface area contributed by atoms with E-state index in [1.807, 2.05) is 6.07 Å². The molecule has 0 aliphatic carbocycles. The first-order valence-electron chi connectivity index (χ1n) is 6.38. The summed E-state index contributed by atoms with van der Waals surface area (Å²) >= 11 is 3.50. The third-order valence-corrected chi connectivity index (χ3v) is 5.14. The Morgan fingerprint density at radius 2 is 1.75 bits per heavy atom. The Kier molecular flexibility index (Phi) is 2.79. The Bertz CT molecular complexity index is 891. The maximum Gasteiger partial charge on any atom is 0.196 e. The minimum atomic E-state index is 1.06. The third kappa shape index (κ3) is 1.69. The second kappa shape index (κ2) is 4.65. The number of thioether (sulfide) groups is 1. The molecule has 2 aromatic carbocycles. The van der Waals surface area contributed by atoms with Crippen molar-refractivity contribution in [1.82, 2.24) is 9.38 Å².